The van der Waals surface area contributed by atoms with E-state index in [1.807, 2.05) is 0 Å². The number of hydrogen-bond donors (Lipinski definition) is 2. The SMILES string of the molecule is CCCCCCCCCCCCOS(=O)(=O)NC(=O)O. The van der Waals surface area contributed by atoms with Crippen LogP contribution in [0.1, 0.15) is 71.1 Å². The van der Waals surface area contributed by atoms with Crippen molar-refractivity contribution in [1.29, 1.82) is 0 Å². The molecule has 0 atom stereocenters. The maximum Gasteiger partial charge on any atom is 0.420 e. The van der Waals surface area contributed by atoms with Crippen molar-refractivity contribution in [1.82, 2.24) is 4.72 Å². The number of amides is 1. The zero-order chi connectivity index (χ0) is 15.3. The van der Waals surface area contributed by atoms with Crippen LogP contribution in [-0.4, -0.2) is 26.2 Å². The van der Waals surface area contributed by atoms with Gasteiger partial charge in [0.2, 0.25) is 0 Å². The number of carboxylic acid groups (broad SMARTS) is 1. The Hall–Kier alpha value is -0.820. The lowest BCUT2D eigenvalue weighted by atomic mass is 10.1. The van der Waals surface area contributed by atoms with Gasteiger partial charge in [0.25, 0.3) is 0 Å². The zero-order valence-corrected chi connectivity index (χ0v) is 13.1. The summed E-state index contributed by atoms with van der Waals surface area (Å²) >= 11 is 0. The Bertz CT molecular complexity index is 343. The van der Waals surface area contributed by atoms with Crippen LogP contribution in [0.15, 0.2) is 0 Å². The fraction of sp³-hybridized carbons (Fsp3) is 0.923. The van der Waals surface area contributed by atoms with Crippen molar-refractivity contribution < 1.29 is 22.5 Å². The highest BCUT2D eigenvalue weighted by atomic mass is 32.2. The van der Waals surface area contributed by atoms with Crippen LogP contribution >= 0.6 is 0 Å². The van der Waals surface area contributed by atoms with Crippen molar-refractivity contribution in [3.63, 3.8) is 0 Å². The van der Waals surface area contributed by atoms with Gasteiger partial charge in [-0.1, -0.05) is 64.7 Å². The largest absolute Gasteiger partial charge is 0.464 e. The molecule has 0 bridgehead atoms. The topological polar surface area (TPSA) is 92.7 Å². The molecule has 0 spiro atoms. The third-order valence-electron chi connectivity index (χ3n) is 2.95. The molecule has 20 heavy (non-hydrogen) atoms. The van der Waals surface area contributed by atoms with E-state index in [-0.39, 0.29) is 6.61 Å². The van der Waals surface area contributed by atoms with E-state index in [1.54, 1.807) is 0 Å². The summed E-state index contributed by atoms with van der Waals surface area (Å²) in [7, 11) is -4.14. The van der Waals surface area contributed by atoms with Gasteiger partial charge >= 0.3 is 16.4 Å². The predicted octanol–water partition coefficient (Wildman–Crippen LogP) is 3.44. The maximum atomic E-state index is 11.0. The van der Waals surface area contributed by atoms with Crippen LogP contribution in [0, 0.1) is 0 Å². The van der Waals surface area contributed by atoms with Crippen LogP contribution in [0.2, 0.25) is 0 Å². The van der Waals surface area contributed by atoms with Gasteiger partial charge in [0.05, 0.1) is 6.61 Å². The summed E-state index contributed by atoms with van der Waals surface area (Å²) in [5, 5.41) is 8.26. The molecule has 0 saturated carbocycles. The first-order valence-electron chi connectivity index (χ1n) is 7.38. The molecule has 6 nitrogen and oxygen atoms in total. The van der Waals surface area contributed by atoms with Crippen molar-refractivity contribution in [2.45, 2.75) is 71.1 Å². The molecule has 0 aliphatic heterocycles. The van der Waals surface area contributed by atoms with Crippen LogP contribution in [-0.2, 0) is 14.5 Å². The lowest BCUT2D eigenvalue weighted by molar-refractivity contribution is 0.198. The van der Waals surface area contributed by atoms with E-state index < -0.39 is 16.4 Å². The second kappa shape index (κ2) is 12.0. The number of carbonyl (C=O) groups is 1. The van der Waals surface area contributed by atoms with Gasteiger partial charge in [-0.05, 0) is 6.42 Å². The molecule has 0 aliphatic rings. The van der Waals surface area contributed by atoms with Gasteiger partial charge in [0, 0.05) is 0 Å². The highest BCUT2D eigenvalue weighted by Gasteiger charge is 2.13. The van der Waals surface area contributed by atoms with Gasteiger partial charge in [0.1, 0.15) is 0 Å². The smallest absolute Gasteiger partial charge is 0.420 e. The summed E-state index contributed by atoms with van der Waals surface area (Å²) in [6.45, 7) is 2.23. The molecule has 0 aromatic heterocycles. The average Bonchev–Trinajstić information content (AvgIpc) is 2.34. The van der Waals surface area contributed by atoms with E-state index in [4.69, 9.17) is 5.11 Å². The van der Waals surface area contributed by atoms with Gasteiger partial charge in [-0.2, -0.15) is 13.1 Å². The van der Waals surface area contributed by atoms with Crippen LogP contribution in [0.5, 0.6) is 0 Å². The number of hydrogen-bond acceptors (Lipinski definition) is 4. The Morgan fingerprint density at radius 2 is 1.40 bits per heavy atom. The van der Waals surface area contributed by atoms with Crippen molar-refractivity contribution >= 4 is 16.4 Å². The Morgan fingerprint density at radius 3 is 1.85 bits per heavy atom. The number of unbranched alkanes of at least 4 members (excludes halogenated alkanes) is 9. The fourth-order valence-corrected chi connectivity index (χ4v) is 2.50. The standard InChI is InChI=1S/C13H27NO5S/c1-2-3-4-5-6-7-8-9-10-11-12-19-20(17,18)14-13(15)16/h14H,2-12H2,1H3,(H,15,16). The molecule has 0 aromatic rings. The van der Waals surface area contributed by atoms with Gasteiger partial charge in [-0.3, -0.25) is 4.18 Å². The molecular formula is C13H27NO5S. The molecule has 0 unspecified atom stereocenters. The molecule has 2 N–H and O–H groups in total. The van der Waals surface area contributed by atoms with Crippen molar-refractivity contribution in [3.8, 4) is 0 Å². The van der Waals surface area contributed by atoms with Crippen LogP contribution < -0.4 is 4.72 Å². The van der Waals surface area contributed by atoms with Crippen LogP contribution in [0.4, 0.5) is 4.79 Å². The van der Waals surface area contributed by atoms with E-state index in [1.165, 1.54) is 43.2 Å². The second-order valence-corrected chi connectivity index (χ2v) is 6.21. The molecule has 1 amide bonds. The number of rotatable bonds is 13. The summed E-state index contributed by atoms with van der Waals surface area (Å²) < 4.78 is 27.8. The zero-order valence-electron chi connectivity index (χ0n) is 12.3. The van der Waals surface area contributed by atoms with Gasteiger partial charge in [0.15, 0.2) is 0 Å². The lowest BCUT2D eigenvalue weighted by Crippen LogP contribution is -2.30. The average molecular weight is 309 g/mol. The molecule has 0 fully saturated rings. The molecular weight excluding hydrogens is 282 g/mol. The summed E-state index contributed by atoms with van der Waals surface area (Å²) in [5.74, 6) is 0. The van der Waals surface area contributed by atoms with Crippen LogP contribution in [0.25, 0.3) is 0 Å². The van der Waals surface area contributed by atoms with E-state index in [2.05, 4.69) is 11.1 Å². The minimum atomic E-state index is -4.14. The summed E-state index contributed by atoms with van der Waals surface area (Å²) in [6.07, 6.45) is 9.80. The van der Waals surface area contributed by atoms with Gasteiger partial charge in [-0.25, -0.2) is 4.79 Å². The molecule has 120 valence electrons. The predicted molar refractivity (Wildman–Crippen MR) is 77.9 cm³/mol. The first-order chi connectivity index (χ1) is 9.48. The molecule has 0 saturated heterocycles. The Balaban J connectivity index is 3.30. The molecule has 0 aromatic carbocycles. The third-order valence-corrected chi connectivity index (χ3v) is 3.85. The summed E-state index contributed by atoms with van der Waals surface area (Å²) in [6, 6.07) is 0. The molecule has 7 heteroatoms. The van der Waals surface area contributed by atoms with Crippen molar-refractivity contribution in [2.75, 3.05) is 6.61 Å². The highest BCUT2D eigenvalue weighted by molar-refractivity contribution is 7.85. The second-order valence-electron chi connectivity index (χ2n) is 4.87. The monoisotopic (exact) mass is 309 g/mol. The summed E-state index contributed by atoms with van der Waals surface area (Å²) in [4.78, 5) is 10.1. The third kappa shape index (κ3) is 13.6. The first-order valence-corrected chi connectivity index (χ1v) is 8.79. The van der Waals surface area contributed by atoms with Gasteiger partial charge in [-0.15, -0.1) is 0 Å². The van der Waals surface area contributed by atoms with Crippen LogP contribution in [0.3, 0.4) is 0 Å². The minimum Gasteiger partial charge on any atom is -0.464 e. The molecule has 0 radical (unpaired) electrons. The lowest BCUT2D eigenvalue weighted by Gasteiger charge is -2.04. The normalized spacial score (nSPS) is 11.4. The Kier molecular flexibility index (Phi) is 11.5. The highest BCUT2D eigenvalue weighted by Crippen LogP contribution is 2.10. The fourth-order valence-electron chi connectivity index (χ4n) is 1.89. The van der Waals surface area contributed by atoms with E-state index in [9.17, 15) is 13.2 Å². The first kappa shape index (κ1) is 19.2. The van der Waals surface area contributed by atoms with Crippen molar-refractivity contribution in [2.24, 2.45) is 0 Å². The van der Waals surface area contributed by atoms with Crippen molar-refractivity contribution in [3.05, 3.63) is 0 Å². The van der Waals surface area contributed by atoms with E-state index in [0.29, 0.717) is 6.42 Å². The maximum absolute atomic E-state index is 11.0. The molecule has 0 aliphatic carbocycles. The van der Waals surface area contributed by atoms with Gasteiger partial charge < -0.3 is 5.11 Å². The Morgan fingerprint density at radius 1 is 0.950 bits per heavy atom. The van der Waals surface area contributed by atoms with E-state index in [0.717, 1.165) is 19.3 Å². The summed E-state index contributed by atoms with van der Waals surface area (Å²) in [5.41, 5.74) is 0. The number of nitrogens with one attached hydrogen (secondary N) is 1. The minimum absolute atomic E-state index is 0.0269. The molecule has 0 heterocycles. The molecule has 0 rings (SSSR count). The van der Waals surface area contributed by atoms with E-state index >= 15 is 0 Å². The quantitative estimate of drug-likeness (QED) is 0.508. The Labute approximate surface area is 122 Å².